The van der Waals surface area contributed by atoms with Crippen LogP contribution in [0.15, 0.2) is 6.20 Å². The highest BCUT2D eigenvalue weighted by molar-refractivity contribution is 7.13. The third kappa shape index (κ3) is 2.79. The number of thiazole rings is 1. The fourth-order valence-electron chi connectivity index (χ4n) is 0.810. The topological polar surface area (TPSA) is 34.2 Å². The zero-order valence-electron chi connectivity index (χ0n) is 7.46. The van der Waals surface area contributed by atoms with Gasteiger partial charge in [-0.3, -0.25) is 0 Å². The van der Waals surface area contributed by atoms with Crippen molar-refractivity contribution in [1.29, 1.82) is 0 Å². The third-order valence-electron chi connectivity index (χ3n) is 1.35. The Morgan fingerprint density at radius 1 is 1.58 bits per heavy atom. The van der Waals surface area contributed by atoms with E-state index in [-0.39, 0.29) is 0 Å². The van der Waals surface area contributed by atoms with Crippen LogP contribution in [0.25, 0.3) is 0 Å². The zero-order valence-corrected chi connectivity index (χ0v) is 8.28. The summed E-state index contributed by atoms with van der Waals surface area (Å²) in [5, 5.41) is 4.00. The van der Waals surface area contributed by atoms with Gasteiger partial charge in [-0.2, -0.15) is 0 Å². The Morgan fingerprint density at radius 2 is 2.42 bits per heavy atom. The molecule has 0 aromatic carbocycles. The molecule has 1 aromatic heterocycles. The Hall–Kier alpha value is -0.610. The number of hydrogen-bond acceptors (Lipinski definition) is 4. The van der Waals surface area contributed by atoms with Crippen molar-refractivity contribution in [2.75, 3.05) is 13.2 Å². The number of nitrogens with one attached hydrogen (secondary N) is 1. The molecule has 68 valence electrons. The molecular formula is C8H14N2OS. The molecule has 0 atom stereocenters. The first kappa shape index (κ1) is 9.48. The predicted octanol–water partition coefficient (Wildman–Crippen LogP) is 1.65. The van der Waals surface area contributed by atoms with E-state index in [9.17, 15) is 0 Å². The maximum atomic E-state index is 5.25. The van der Waals surface area contributed by atoms with Gasteiger partial charge in [0.2, 0.25) is 0 Å². The highest BCUT2D eigenvalue weighted by Gasteiger charge is 2.00. The molecule has 0 spiro atoms. The lowest BCUT2D eigenvalue weighted by Gasteiger charge is -1.95. The Balaban J connectivity index is 2.41. The summed E-state index contributed by atoms with van der Waals surface area (Å²) in [6, 6.07) is 0. The van der Waals surface area contributed by atoms with Gasteiger partial charge in [-0.05, 0) is 13.5 Å². The van der Waals surface area contributed by atoms with Gasteiger partial charge < -0.3 is 10.1 Å². The van der Waals surface area contributed by atoms with Gasteiger partial charge in [0.25, 0.3) is 5.19 Å². The molecule has 0 amide bonds. The molecule has 1 N–H and O–H groups in total. The standard InChI is InChI=1S/C8H14N2OS/c1-3-9-5-7-6-10-8(12-7)11-4-2/h6,9H,3-5H2,1-2H3. The van der Waals surface area contributed by atoms with Crippen molar-refractivity contribution in [2.45, 2.75) is 20.4 Å². The van der Waals surface area contributed by atoms with E-state index in [1.165, 1.54) is 4.88 Å². The monoisotopic (exact) mass is 186 g/mol. The van der Waals surface area contributed by atoms with Crippen molar-refractivity contribution < 1.29 is 4.74 Å². The molecular weight excluding hydrogens is 172 g/mol. The quantitative estimate of drug-likeness (QED) is 0.759. The smallest absolute Gasteiger partial charge is 0.273 e. The van der Waals surface area contributed by atoms with Gasteiger partial charge in [-0.25, -0.2) is 4.98 Å². The summed E-state index contributed by atoms with van der Waals surface area (Å²) in [4.78, 5) is 5.34. The average molecular weight is 186 g/mol. The van der Waals surface area contributed by atoms with E-state index in [1.54, 1.807) is 11.3 Å². The largest absolute Gasteiger partial charge is 0.470 e. The number of ether oxygens (including phenoxy) is 1. The zero-order chi connectivity index (χ0) is 8.81. The lowest BCUT2D eigenvalue weighted by molar-refractivity contribution is 0.338. The van der Waals surface area contributed by atoms with Crippen LogP contribution >= 0.6 is 11.3 Å². The van der Waals surface area contributed by atoms with Gasteiger partial charge in [0.05, 0.1) is 6.61 Å². The van der Waals surface area contributed by atoms with Gasteiger partial charge in [0.15, 0.2) is 0 Å². The molecule has 0 bridgehead atoms. The van der Waals surface area contributed by atoms with Crippen LogP contribution in [-0.4, -0.2) is 18.1 Å². The van der Waals surface area contributed by atoms with Crippen LogP contribution in [0.3, 0.4) is 0 Å². The number of hydrogen-bond donors (Lipinski definition) is 1. The summed E-state index contributed by atoms with van der Waals surface area (Å²) in [6.45, 7) is 6.62. The Labute approximate surface area is 76.8 Å². The minimum Gasteiger partial charge on any atom is -0.470 e. The SMILES string of the molecule is CCNCc1cnc(OCC)s1. The van der Waals surface area contributed by atoms with Crippen molar-refractivity contribution in [3.05, 3.63) is 11.1 Å². The lowest BCUT2D eigenvalue weighted by Crippen LogP contribution is -2.10. The minimum absolute atomic E-state index is 0.689. The molecule has 0 saturated carbocycles. The van der Waals surface area contributed by atoms with Crippen LogP contribution in [0.2, 0.25) is 0 Å². The second kappa shape index (κ2) is 5.11. The average Bonchev–Trinajstić information content (AvgIpc) is 2.50. The van der Waals surface area contributed by atoms with Crippen LogP contribution in [-0.2, 0) is 6.54 Å². The Morgan fingerprint density at radius 3 is 3.08 bits per heavy atom. The van der Waals surface area contributed by atoms with Crippen LogP contribution in [0.1, 0.15) is 18.7 Å². The molecule has 1 heterocycles. The van der Waals surface area contributed by atoms with E-state index < -0.39 is 0 Å². The summed E-state index contributed by atoms with van der Waals surface area (Å²) >= 11 is 1.60. The van der Waals surface area contributed by atoms with Crippen LogP contribution in [0.4, 0.5) is 0 Å². The van der Waals surface area contributed by atoms with Crippen molar-refractivity contribution >= 4 is 11.3 Å². The molecule has 0 aliphatic carbocycles. The maximum Gasteiger partial charge on any atom is 0.273 e. The van der Waals surface area contributed by atoms with Gasteiger partial charge in [-0.1, -0.05) is 18.3 Å². The molecule has 1 rings (SSSR count). The molecule has 3 nitrogen and oxygen atoms in total. The summed E-state index contributed by atoms with van der Waals surface area (Å²) in [7, 11) is 0. The van der Waals surface area contributed by atoms with Gasteiger partial charge in [0.1, 0.15) is 0 Å². The minimum atomic E-state index is 0.689. The molecule has 0 fully saturated rings. The van der Waals surface area contributed by atoms with E-state index in [0.717, 1.165) is 18.3 Å². The summed E-state index contributed by atoms with van der Waals surface area (Å²) in [5.41, 5.74) is 0. The van der Waals surface area contributed by atoms with Crippen LogP contribution in [0, 0.1) is 0 Å². The fraction of sp³-hybridized carbons (Fsp3) is 0.625. The number of aromatic nitrogens is 1. The fourth-order valence-corrected chi connectivity index (χ4v) is 1.60. The second-order valence-corrected chi connectivity index (χ2v) is 3.38. The summed E-state index contributed by atoms with van der Waals surface area (Å²) in [5.74, 6) is 0. The molecule has 0 aliphatic heterocycles. The first-order valence-electron chi connectivity index (χ1n) is 4.15. The Kier molecular flexibility index (Phi) is 4.04. The maximum absolute atomic E-state index is 5.25. The van der Waals surface area contributed by atoms with Crippen LogP contribution < -0.4 is 10.1 Å². The third-order valence-corrected chi connectivity index (χ3v) is 2.26. The van der Waals surface area contributed by atoms with Gasteiger partial charge >= 0.3 is 0 Å². The Bertz CT molecular complexity index is 225. The first-order chi connectivity index (χ1) is 5.86. The molecule has 1 aromatic rings. The molecule has 4 heteroatoms. The van der Waals surface area contributed by atoms with E-state index in [2.05, 4.69) is 17.2 Å². The molecule has 12 heavy (non-hydrogen) atoms. The second-order valence-electron chi connectivity index (χ2n) is 2.31. The van der Waals surface area contributed by atoms with E-state index in [0.29, 0.717) is 6.61 Å². The summed E-state index contributed by atoms with van der Waals surface area (Å²) < 4.78 is 5.25. The lowest BCUT2D eigenvalue weighted by atomic mass is 10.5. The highest BCUT2D eigenvalue weighted by atomic mass is 32.1. The summed E-state index contributed by atoms with van der Waals surface area (Å²) in [6.07, 6.45) is 1.86. The number of nitrogens with zero attached hydrogens (tertiary/aromatic N) is 1. The molecule has 0 aliphatic rings. The van der Waals surface area contributed by atoms with Crippen molar-refractivity contribution in [1.82, 2.24) is 10.3 Å². The predicted molar refractivity (Wildman–Crippen MR) is 50.7 cm³/mol. The van der Waals surface area contributed by atoms with Crippen molar-refractivity contribution in [2.24, 2.45) is 0 Å². The van der Waals surface area contributed by atoms with Crippen molar-refractivity contribution in [3.8, 4) is 5.19 Å². The first-order valence-corrected chi connectivity index (χ1v) is 4.96. The number of rotatable bonds is 5. The van der Waals surface area contributed by atoms with Crippen LogP contribution in [0.5, 0.6) is 5.19 Å². The van der Waals surface area contributed by atoms with E-state index in [1.807, 2.05) is 13.1 Å². The molecule has 0 radical (unpaired) electrons. The van der Waals surface area contributed by atoms with Crippen molar-refractivity contribution in [3.63, 3.8) is 0 Å². The normalized spacial score (nSPS) is 10.2. The van der Waals surface area contributed by atoms with Gasteiger partial charge in [-0.15, -0.1) is 0 Å². The van der Waals surface area contributed by atoms with Gasteiger partial charge in [0, 0.05) is 17.6 Å². The van der Waals surface area contributed by atoms with E-state index in [4.69, 9.17) is 4.74 Å². The van der Waals surface area contributed by atoms with E-state index >= 15 is 0 Å². The highest BCUT2D eigenvalue weighted by Crippen LogP contribution is 2.19. The molecule has 0 saturated heterocycles. The molecule has 0 unspecified atom stereocenters.